The number of ether oxygens (including phenoxy) is 2. The number of carbonyl (C=O) groups excluding carboxylic acids is 3. The molecule has 0 aromatic heterocycles. The molecule has 0 saturated carbocycles. The first kappa shape index (κ1) is 18.2. The summed E-state index contributed by atoms with van der Waals surface area (Å²) in [6.07, 6.45) is 0.612. The Morgan fingerprint density at radius 2 is 1.63 bits per heavy atom. The minimum atomic E-state index is -0.459. The fourth-order valence-corrected chi connectivity index (χ4v) is 2.44. The molecule has 2 aromatic carbocycles. The molecule has 0 unspecified atom stereocenters. The highest BCUT2D eigenvalue weighted by Gasteiger charge is 2.16. The topological polar surface area (TPSA) is 106 Å². The van der Waals surface area contributed by atoms with Gasteiger partial charge in [-0.2, -0.15) is 0 Å². The van der Waals surface area contributed by atoms with E-state index < -0.39 is 5.91 Å². The third-order valence-corrected chi connectivity index (χ3v) is 3.85. The van der Waals surface area contributed by atoms with Crippen molar-refractivity contribution in [3.63, 3.8) is 0 Å². The Labute approximate surface area is 155 Å². The van der Waals surface area contributed by atoms with Crippen molar-refractivity contribution in [1.29, 1.82) is 0 Å². The molecular formula is C19H19N3O5. The molecule has 0 bridgehead atoms. The van der Waals surface area contributed by atoms with Gasteiger partial charge in [-0.25, -0.2) is 0 Å². The van der Waals surface area contributed by atoms with Gasteiger partial charge in [0.15, 0.2) is 11.5 Å². The van der Waals surface area contributed by atoms with E-state index in [4.69, 9.17) is 9.47 Å². The van der Waals surface area contributed by atoms with E-state index in [1.807, 2.05) is 6.07 Å². The van der Waals surface area contributed by atoms with Crippen molar-refractivity contribution >= 4 is 17.7 Å². The number of hydrogen-bond donors (Lipinski definition) is 3. The molecule has 3 rings (SSSR count). The minimum Gasteiger partial charge on any atom is -0.454 e. The smallest absolute Gasteiger partial charge is 0.269 e. The van der Waals surface area contributed by atoms with Gasteiger partial charge in [0.05, 0.1) is 0 Å². The van der Waals surface area contributed by atoms with Gasteiger partial charge in [-0.3, -0.25) is 25.2 Å². The molecular weight excluding hydrogens is 350 g/mol. The number of benzene rings is 2. The van der Waals surface area contributed by atoms with Crippen LogP contribution in [0.3, 0.4) is 0 Å². The van der Waals surface area contributed by atoms with Crippen LogP contribution in [-0.2, 0) is 4.79 Å². The summed E-state index contributed by atoms with van der Waals surface area (Å²) in [5.74, 6) is 0.0699. The molecule has 140 valence electrons. The summed E-state index contributed by atoms with van der Waals surface area (Å²) >= 11 is 0. The molecule has 8 nitrogen and oxygen atoms in total. The first-order valence-electron chi connectivity index (χ1n) is 8.45. The summed E-state index contributed by atoms with van der Waals surface area (Å²) in [6.45, 7) is 0.481. The van der Waals surface area contributed by atoms with Crippen LogP contribution in [0.2, 0.25) is 0 Å². The Kier molecular flexibility index (Phi) is 5.88. The van der Waals surface area contributed by atoms with Crippen LogP contribution in [0.1, 0.15) is 33.6 Å². The van der Waals surface area contributed by atoms with Gasteiger partial charge < -0.3 is 14.8 Å². The molecule has 0 atom stereocenters. The van der Waals surface area contributed by atoms with Gasteiger partial charge in [0, 0.05) is 24.1 Å². The number of rotatable bonds is 6. The maximum atomic E-state index is 12.0. The van der Waals surface area contributed by atoms with Crippen LogP contribution in [0.5, 0.6) is 11.5 Å². The number of hydrazine groups is 1. The van der Waals surface area contributed by atoms with Crippen molar-refractivity contribution < 1.29 is 23.9 Å². The second-order valence-corrected chi connectivity index (χ2v) is 5.80. The van der Waals surface area contributed by atoms with E-state index in [0.29, 0.717) is 35.6 Å². The van der Waals surface area contributed by atoms with Crippen molar-refractivity contribution in [1.82, 2.24) is 16.2 Å². The van der Waals surface area contributed by atoms with Crippen LogP contribution in [0.15, 0.2) is 48.5 Å². The van der Waals surface area contributed by atoms with Gasteiger partial charge in [-0.05, 0) is 36.8 Å². The lowest BCUT2D eigenvalue weighted by Gasteiger charge is -2.08. The SMILES string of the molecule is O=C(CCCNC(=O)c1ccccc1)NNC(=O)c1ccc2c(c1)OCO2. The highest BCUT2D eigenvalue weighted by atomic mass is 16.7. The molecule has 0 fully saturated rings. The van der Waals surface area contributed by atoms with E-state index in [1.54, 1.807) is 42.5 Å². The number of amides is 3. The van der Waals surface area contributed by atoms with Gasteiger partial charge in [0.2, 0.25) is 12.7 Å². The zero-order chi connectivity index (χ0) is 19.1. The van der Waals surface area contributed by atoms with E-state index in [2.05, 4.69) is 16.2 Å². The molecule has 0 aliphatic carbocycles. The summed E-state index contributed by atoms with van der Waals surface area (Å²) in [5, 5.41) is 2.74. The Balaban J connectivity index is 1.35. The summed E-state index contributed by atoms with van der Waals surface area (Å²) in [5.41, 5.74) is 5.60. The predicted octanol–water partition coefficient (Wildman–Crippen LogP) is 1.39. The molecule has 27 heavy (non-hydrogen) atoms. The first-order valence-corrected chi connectivity index (χ1v) is 8.45. The molecule has 1 aliphatic rings. The van der Waals surface area contributed by atoms with E-state index in [9.17, 15) is 14.4 Å². The van der Waals surface area contributed by atoms with Crippen LogP contribution in [-0.4, -0.2) is 31.1 Å². The summed E-state index contributed by atoms with van der Waals surface area (Å²) < 4.78 is 10.4. The van der Waals surface area contributed by atoms with Gasteiger partial charge in [0.1, 0.15) is 0 Å². The molecule has 0 saturated heterocycles. The summed E-state index contributed by atoms with van der Waals surface area (Å²) in [6, 6.07) is 13.6. The maximum Gasteiger partial charge on any atom is 0.269 e. The van der Waals surface area contributed by atoms with Crippen molar-refractivity contribution in [2.24, 2.45) is 0 Å². The largest absolute Gasteiger partial charge is 0.454 e. The lowest BCUT2D eigenvalue weighted by Crippen LogP contribution is -2.41. The zero-order valence-electron chi connectivity index (χ0n) is 14.5. The van der Waals surface area contributed by atoms with Crippen LogP contribution in [0.25, 0.3) is 0 Å². The van der Waals surface area contributed by atoms with E-state index in [1.165, 1.54) is 0 Å². The van der Waals surface area contributed by atoms with Crippen LogP contribution in [0, 0.1) is 0 Å². The van der Waals surface area contributed by atoms with Crippen molar-refractivity contribution in [2.45, 2.75) is 12.8 Å². The third kappa shape index (κ3) is 4.97. The monoisotopic (exact) mass is 369 g/mol. The first-order chi connectivity index (χ1) is 13.1. The molecule has 0 spiro atoms. The van der Waals surface area contributed by atoms with Crippen molar-refractivity contribution in [3.05, 3.63) is 59.7 Å². The molecule has 1 heterocycles. The molecule has 3 amide bonds. The quantitative estimate of drug-likeness (QED) is 0.527. The lowest BCUT2D eigenvalue weighted by molar-refractivity contribution is -0.121. The Hall–Kier alpha value is -3.55. The fraction of sp³-hybridized carbons (Fsp3) is 0.211. The molecule has 8 heteroatoms. The van der Waals surface area contributed by atoms with Crippen LogP contribution < -0.4 is 25.6 Å². The number of nitrogens with one attached hydrogen (secondary N) is 3. The average Bonchev–Trinajstić information content (AvgIpc) is 3.17. The second-order valence-electron chi connectivity index (χ2n) is 5.80. The van der Waals surface area contributed by atoms with Gasteiger partial charge in [0.25, 0.3) is 11.8 Å². The standard InChI is InChI=1S/C19H19N3O5/c23-17(7-4-10-20-18(24)13-5-2-1-3-6-13)21-22-19(25)14-8-9-15-16(11-14)27-12-26-15/h1-3,5-6,8-9,11H,4,7,10,12H2,(H,20,24)(H,21,23)(H,22,25). The van der Waals surface area contributed by atoms with Gasteiger partial charge in [-0.15, -0.1) is 0 Å². The van der Waals surface area contributed by atoms with Crippen LogP contribution >= 0.6 is 0 Å². The second kappa shape index (κ2) is 8.70. The van der Waals surface area contributed by atoms with Crippen molar-refractivity contribution in [2.75, 3.05) is 13.3 Å². The maximum absolute atomic E-state index is 12.0. The average molecular weight is 369 g/mol. The Morgan fingerprint density at radius 3 is 2.44 bits per heavy atom. The highest BCUT2D eigenvalue weighted by molar-refractivity contribution is 5.96. The fourth-order valence-electron chi connectivity index (χ4n) is 2.44. The molecule has 2 aromatic rings. The van der Waals surface area contributed by atoms with Gasteiger partial charge >= 0.3 is 0 Å². The predicted molar refractivity (Wildman–Crippen MR) is 96.2 cm³/mol. The van der Waals surface area contributed by atoms with Crippen molar-refractivity contribution in [3.8, 4) is 11.5 Å². The molecule has 3 N–H and O–H groups in total. The minimum absolute atomic E-state index is 0.123. The summed E-state index contributed by atoms with van der Waals surface area (Å²) in [7, 11) is 0. The molecule has 1 aliphatic heterocycles. The Morgan fingerprint density at radius 1 is 0.852 bits per heavy atom. The number of fused-ring (bicyclic) bond motifs is 1. The summed E-state index contributed by atoms with van der Waals surface area (Å²) in [4.78, 5) is 35.7. The van der Waals surface area contributed by atoms with E-state index >= 15 is 0 Å². The van der Waals surface area contributed by atoms with E-state index in [0.717, 1.165) is 0 Å². The number of hydrogen-bond acceptors (Lipinski definition) is 5. The normalized spacial score (nSPS) is 11.6. The zero-order valence-corrected chi connectivity index (χ0v) is 14.5. The van der Waals surface area contributed by atoms with E-state index in [-0.39, 0.29) is 25.0 Å². The highest BCUT2D eigenvalue weighted by Crippen LogP contribution is 2.32. The third-order valence-electron chi connectivity index (χ3n) is 3.85. The molecule has 0 radical (unpaired) electrons. The lowest BCUT2D eigenvalue weighted by atomic mass is 10.2. The van der Waals surface area contributed by atoms with Gasteiger partial charge in [-0.1, -0.05) is 18.2 Å². The van der Waals surface area contributed by atoms with Crippen LogP contribution in [0.4, 0.5) is 0 Å². The Bertz CT molecular complexity index is 838. The number of carbonyl (C=O) groups is 3.